The van der Waals surface area contributed by atoms with Crippen molar-refractivity contribution in [3.8, 4) is 0 Å². The smallest absolute Gasteiger partial charge is 0.0125 e. The maximum Gasteiger partial charge on any atom is 0.0125 e. The minimum absolute atomic E-state index is 0.372. The molecule has 98 valence electrons. The second-order valence-electron chi connectivity index (χ2n) is 7.70. The summed E-state index contributed by atoms with van der Waals surface area (Å²) in [5.74, 6) is 0. The van der Waals surface area contributed by atoms with E-state index in [1.54, 1.807) is 0 Å². The minimum atomic E-state index is 0.372. The molecule has 2 nitrogen and oxygen atoms in total. The van der Waals surface area contributed by atoms with E-state index in [2.05, 4.69) is 31.0 Å². The van der Waals surface area contributed by atoms with Crippen molar-refractivity contribution in [2.45, 2.75) is 76.9 Å². The van der Waals surface area contributed by atoms with Gasteiger partial charge in [0.2, 0.25) is 0 Å². The van der Waals surface area contributed by atoms with E-state index in [0.29, 0.717) is 5.54 Å². The van der Waals surface area contributed by atoms with Crippen molar-refractivity contribution < 1.29 is 0 Å². The molecule has 0 amide bonds. The standard InChI is InChI=1S/C15H28N2/c1-14(2,3)17-8-6-15(7-9-17)10-13(11-15)16-12-4-5-12/h12-13,16H,4-11H2,1-3H3. The van der Waals surface area contributed by atoms with Gasteiger partial charge >= 0.3 is 0 Å². The summed E-state index contributed by atoms with van der Waals surface area (Å²) in [6.45, 7) is 9.69. The lowest BCUT2D eigenvalue weighted by Gasteiger charge is -2.54. The number of rotatable bonds is 2. The fourth-order valence-corrected chi connectivity index (χ4v) is 3.75. The number of hydrogen-bond donors (Lipinski definition) is 1. The van der Waals surface area contributed by atoms with Crippen LogP contribution >= 0.6 is 0 Å². The first-order chi connectivity index (χ1) is 7.97. The van der Waals surface area contributed by atoms with Gasteiger partial charge in [0.15, 0.2) is 0 Å². The van der Waals surface area contributed by atoms with Gasteiger partial charge in [0.1, 0.15) is 0 Å². The number of nitrogens with one attached hydrogen (secondary N) is 1. The molecule has 2 aliphatic carbocycles. The molecule has 3 rings (SSSR count). The van der Waals surface area contributed by atoms with Gasteiger partial charge in [-0.1, -0.05) is 0 Å². The van der Waals surface area contributed by atoms with Crippen LogP contribution in [0.15, 0.2) is 0 Å². The number of nitrogens with zero attached hydrogens (tertiary/aromatic N) is 1. The first kappa shape index (κ1) is 12.0. The third-order valence-electron chi connectivity index (χ3n) is 5.18. The van der Waals surface area contributed by atoms with E-state index in [9.17, 15) is 0 Å². The normalized spacial score (nSPS) is 30.5. The van der Waals surface area contributed by atoms with Crippen LogP contribution in [0.25, 0.3) is 0 Å². The maximum atomic E-state index is 3.79. The van der Waals surface area contributed by atoms with Gasteiger partial charge in [-0.05, 0) is 77.8 Å². The Hall–Kier alpha value is -0.0800. The quantitative estimate of drug-likeness (QED) is 0.793. The summed E-state index contributed by atoms with van der Waals surface area (Å²) in [6.07, 6.45) is 8.66. The lowest BCUT2D eigenvalue weighted by molar-refractivity contribution is -0.0213. The predicted octanol–water partition coefficient (Wildman–Crippen LogP) is 2.78. The summed E-state index contributed by atoms with van der Waals surface area (Å²) >= 11 is 0. The van der Waals surface area contributed by atoms with Crippen LogP contribution < -0.4 is 5.32 Å². The molecule has 1 heterocycles. The van der Waals surface area contributed by atoms with Crippen LogP contribution in [-0.2, 0) is 0 Å². The molecule has 0 aromatic rings. The van der Waals surface area contributed by atoms with Crippen molar-refractivity contribution in [1.29, 1.82) is 0 Å². The van der Waals surface area contributed by atoms with E-state index in [4.69, 9.17) is 0 Å². The van der Waals surface area contributed by atoms with Gasteiger partial charge in [0.05, 0.1) is 0 Å². The molecule has 1 N–H and O–H groups in total. The van der Waals surface area contributed by atoms with Gasteiger partial charge in [-0.15, -0.1) is 0 Å². The number of hydrogen-bond acceptors (Lipinski definition) is 2. The lowest BCUT2D eigenvalue weighted by Crippen LogP contribution is -2.56. The third kappa shape index (κ3) is 2.53. The Labute approximate surface area is 106 Å². The molecule has 3 fully saturated rings. The van der Waals surface area contributed by atoms with E-state index >= 15 is 0 Å². The number of piperidine rings is 1. The Morgan fingerprint density at radius 1 is 1.00 bits per heavy atom. The summed E-state index contributed by atoms with van der Waals surface area (Å²) in [5.41, 5.74) is 1.10. The molecule has 2 saturated carbocycles. The second-order valence-corrected chi connectivity index (χ2v) is 7.70. The van der Waals surface area contributed by atoms with Gasteiger partial charge in [0, 0.05) is 17.6 Å². The highest BCUT2D eigenvalue weighted by Gasteiger charge is 2.47. The van der Waals surface area contributed by atoms with E-state index < -0.39 is 0 Å². The average molecular weight is 236 g/mol. The topological polar surface area (TPSA) is 15.3 Å². The molecule has 0 radical (unpaired) electrons. The van der Waals surface area contributed by atoms with E-state index in [0.717, 1.165) is 17.5 Å². The Morgan fingerprint density at radius 2 is 1.59 bits per heavy atom. The average Bonchev–Trinajstić information content (AvgIpc) is 2.98. The second kappa shape index (κ2) is 3.96. The summed E-state index contributed by atoms with van der Waals surface area (Å²) in [7, 11) is 0. The molecule has 0 unspecified atom stereocenters. The molecular weight excluding hydrogens is 208 g/mol. The van der Waals surface area contributed by atoms with Gasteiger partial charge in [-0.3, -0.25) is 4.90 Å². The van der Waals surface area contributed by atoms with Crippen LogP contribution in [0, 0.1) is 5.41 Å². The SMILES string of the molecule is CC(C)(C)N1CCC2(CC1)CC(NC1CC1)C2. The van der Waals surface area contributed by atoms with Crippen LogP contribution in [0.2, 0.25) is 0 Å². The third-order valence-corrected chi connectivity index (χ3v) is 5.18. The van der Waals surface area contributed by atoms with Crippen molar-refractivity contribution >= 4 is 0 Å². The molecule has 2 heteroatoms. The fourth-order valence-electron chi connectivity index (χ4n) is 3.75. The van der Waals surface area contributed by atoms with Crippen molar-refractivity contribution in [2.75, 3.05) is 13.1 Å². The lowest BCUT2D eigenvalue weighted by atomic mass is 9.60. The van der Waals surface area contributed by atoms with Crippen LogP contribution in [0.1, 0.15) is 59.3 Å². The minimum Gasteiger partial charge on any atom is -0.311 e. The van der Waals surface area contributed by atoms with E-state index in [1.165, 1.54) is 51.6 Å². The van der Waals surface area contributed by atoms with Crippen molar-refractivity contribution in [3.63, 3.8) is 0 Å². The molecule has 17 heavy (non-hydrogen) atoms. The Balaban J connectivity index is 1.46. The predicted molar refractivity (Wildman–Crippen MR) is 72.2 cm³/mol. The molecule has 1 aliphatic heterocycles. The summed E-state index contributed by atoms with van der Waals surface area (Å²) in [4.78, 5) is 2.67. The van der Waals surface area contributed by atoms with Crippen molar-refractivity contribution in [2.24, 2.45) is 5.41 Å². The molecule has 0 bridgehead atoms. The highest BCUT2D eigenvalue weighted by molar-refractivity contribution is 5.03. The highest BCUT2D eigenvalue weighted by atomic mass is 15.2. The van der Waals surface area contributed by atoms with Crippen molar-refractivity contribution in [3.05, 3.63) is 0 Å². The zero-order chi connectivity index (χ0) is 12.1. The molecule has 1 spiro atoms. The monoisotopic (exact) mass is 236 g/mol. The van der Waals surface area contributed by atoms with E-state index in [1.807, 2.05) is 0 Å². The summed E-state index contributed by atoms with van der Waals surface area (Å²) in [6, 6.07) is 1.76. The molecule has 0 aromatic carbocycles. The fraction of sp³-hybridized carbons (Fsp3) is 1.00. The highest BCUT2D eigenvalue weighted by Crippen LogP contribution is 2.50. The van der Waals surface area contributed by atoms with Crippen LogP contribution in [0.4, 0.5) is 0 Å². The Morgan fingerprint density at radius 3 is 2.06 bits per heavy atom. The molecular formula is C15H28N2. The van der Waals surface area contributed by atoms with Gasteiger partial charge in [-0.25, -0.2) is 0 Å². The van der Waals surface area contributed by atoms with Gasteiger partial charge in [0.25, 0.3) is 0 Å². The first-order valence-electron chi connectivity index (χ1n) is 7.48. The molecule has 3 aliphatic rings. The zero-order valence-corrected chi connectivity index (χ0v) is 11.8. The van der Waals surface area contributed by atoms with Gasteiger partial charge < -0.3 is 5.32 Å². The van der Waals surface area contributed by atoms with Crippen LogP contribution in [0.5, 0.6) is 0 Å². The van der Waals surface area contributed by atoms with Crippen LogP contribution in [-0.4, -0.2) is 35.6 Å². The van der Waals surface area contributed by atoms with Gasteiger partial charge in [-0.2, -0.15) is 0 Å². The summed E-state index contributed by atoms with van der Waals surface area (Å²) < 4.78 is 0. The molecule has 0 atom stereocenters. The Kier molecular flexibility index (Phi) is 2.79. The van der Waals surface area contributed by atoms with Crippen molar-refractivity contribution in [1.82, 2.24) is 10.2 Å². The zero-order valence-electron chi connectivity index (χ0n) is 11.8. The molecule has 1 saturated heterocycles. The van der Waals surface area contributed by atoms with Crippen LogP contribution in [0.3, 0.4) is 0 Å². The summed E-state index contributed by atoms with van der Waals surface area (Å²) in [5, 5.41) is 3.79. The Bertz CT molecular complexity index is 272. The molecule has 0 aromatic heterocycles. The van der Waals surface area contributed by atoms with E-state index in [-0.39, 0.29) is 0 Å². The number of likely N-dealkylation sites (tertiary alicyclic amines) is 1. The largest absolute Gasteiger partial charge is 0.311 e. The first-order valence-corrected chi connectivity index (χ1v) is 7.48. The maximum absolute atomic E-state index is 3.79.